The summed E-state index contributed by atoms with van der Waals surface area (Å²) in [7, 11) is 0. The lowest BCUT2D eigenvalue weighted by molar-refractivity contribution is -0.0881. The van der Waals surface area contributed by atoms with Gasteiger partial charge in [-0.25, -0.2) is 0 Å². The molecule has 0 atom stereocenters. The standard InChI is InChI=1S/C10H11F3/c1-2-8-4-3-5-9(7-6-8)10(11,12)13/h3,5-7H,2,4H2,1H3. The van der Waals surface area contributed by atoms with E-state index in [4.69, 9.17) is 0 Å². The van der Waals surface area contributed by atoms with Gasteiger partial charge < -0.3 is 0 Å². The lowest BCUT2D eigenvalue weighted by Gasteiger charge is -2.04. The Morgan fingerprint density at radius 3 is 2.54 bits per heavy atom. The van der Waals surface area contributed by atoms with E-state index in [-0.39, 0.29) is 0 Å². The Labute approximate surface area is 75.4 Å². The fourth-order valence-electron chi connectivity index (χ4n) is 1.12. The van der Waals surface area contributed by atoms with Crippen LogP contribution in [-0.2, 0) is 0 Å². The lowest BCUT2D eigenvalue weighted by Crippen LogP contribution is -2.09. The van der Waals surface area contributed by atoms with E-state index in [2.05, 4.69) is 0 Å². The zero-order valence-corrected chi connectivity index (χ0v) is 7.36. The highest BCUT2D eigenvalue weighted by molar-refractivity contribution is 5.33. The van der Waals surface area contributed by atoms with Gasteiger partial charge in [0.15, 0.2) is 0 Å². The number of allylic oxidation sites excluding steroid dienone is 6. The molecule has 1 aliphatic carbocycles. The van der Waals surface area contributed by atoms with Crippen molar-refractivity contribution in [3.05, 3.63) is 35.5 Å². The summed E-state index contributed by atoms with van der Waals surface area (Å²) in [6, 6.07) is 0. The van der Waals surface area contributed by atoms with Gasteiger partial charge in [0.1, 0.15) is 0 Å². The second-order valence-electron chi connectivity index (χ2n) is 2.90. The van der Waals surface area contributed by atoms with Gasteiger partial charge in [0.05, 0.1) is 5.57 Å². The van der Waals surface area contributed by atoms with Crippen LogP contribution in [0.1, 0.15) is 19.8 Å². The minimum absolute atomic E-state index is 0.573. The summed E-state index contributed by atoms with van der Waals surface area (Å²) >= 11 is 0. The van der Waals surface area contributed by atoms with Crippen LogP contribution in [0.3, 0.4) is 0 Å². The number of hydrogen-bond acceptors (Lipinski definition) is 0. The molecular weight excluding hydrogens is 177 g/mol. The minimum atomic E-state index is -4.23. The molecule has 0 unspecified atom stereocenters. The number of halogens is 3. The van der Waals surface area contributed by atoms with E-state index < -0.39 is 11.7 Å². The molecule has 0 amide bonds. The molecule has 0 spiro atoms. The summed E-state index contributed by atoms with van der Waals surface area (Å²) in [4.78, 5) is 0. The maximum absolute atomic E-state index is 12.2. The van der Waals surface area contributed by atoms with Gasteiger partial charge in [-0.1, -0.05) is 36.8 Å². The van der Waals surface area contributed by atoms with Crippen LogP contribution in [0, 0.1) is 0 Å². The molecule has 13 heavy (non-hydrogen) atoms. The number of rotatable bonds is 1. The molecule has 0 heterocycles. The molecule has 0 saturated carbocycles. The third-order valence-corrected chi connectivity index (χ3v) is 1.96. The van der Waals surface area contributed by atoms with Crippen molar-refractivity contribution in [2.24, 2.45) is 0 Å². The Hall–Kier alpha value is -0.990. The van der Waals surface area contributed by atoms with Crippen molar-refractivity contribution in [1.82, 2.24) is 0 Å². The first-order valence-corrected chi connectivity index (χ1v) is 4.17. The molecule has 0 aromatic carbocycles. The van der Waals surface area contributed by atoms with Gasteiger partial charge in [-0.05, 0) is 12.8 Å². The van der Waals surface area contributed by atoms with Gasteiger partial charge in [-0.2, -0.15) is 13.2 Å². The fraction of sp³-hybridized carbons (Fsp3) is 0.400. The molecule has 0 aromatic heterocycles. The van der Waals surface area contributed by atoms with Crippen molar-refractivity contribution < 1.29 is 13.2 Å². The smallest absolute Gasteiger partial charge is 0.166 e. The van der Waals surface area contributed by atoms with Crippen LogP contribution in [-0.4, -0.2) is 6.18 Å². The van der Waals surface area contributed by atoms with Gasteiger partial charge in [0, 0.05) is 0 Å². The Morgan fingerprint density at radius 1 is 1.31 bits per heavy atom. The molecule has 0 radical (unpaired) electrons. The summed E-state index contributed by atoms with van der Waals surface area (Å²) in [6.07, 6.45) is 2.58. The van der Waals surface area contributed by atoms with Gasteiger partial charge in [0.25, 0.3) is 0 Å². The van der Waals surface area contributed by atoms with Crippen LogP contribution in [0.15, 0.2) is 35.5 Å². The van der Waals surface area contributed by atoms with E-state index in [9.17, 15) is 13.2 Å². The lowest BCUT2D eigenvalue weighted by atomic mass is 10.1. The topological polar surface area (TPSA) is 0 Å². The third-order valence-electron chi connectivity index (χ3n) is 1.96. The van der Waals surface area contributed by atoms with E-state index in [1.54, 1.807) is 12.2 Å². The van der Waals surface area contributed by atoms with E-state index in [1.807, 2.05) is 6.92 Å². The third kappa shape index (κ3) is 2.76. The predicted molar refractivity (Wildman–Crippen MR) is 46.3 cm³/mol. The Kier molecular flexibility index (Phi) is 2.96. The van der Waals surface area contributed by atoms with Gasteiger partial charge in [-0.15, -0.1) is 0 Å². The first kappa shape index (κ1) is 10.1. The maximum atomic E-state index is 12.2. The van der Waals surface area contributed by atoms with E-state index in [1.165, 1.54) is 0 Å². The normalized spacial score (nSPS) is 17.8. The predicted octanol–water partition coefficient (Wildman–Crippen LogP) is 3.77. The van der Waals surface area contributed by atoms with Crippen molar-refractivity contribution in [1.29, 1.82) is 0 Å². The maximum Gasteiger partial charge on any atom is 0.416 e. The summed E-state index contributed by atoms with van der Waals surface area (Å²) in [5, 5.41) is 0. The van der Waals surface area contributed by atoms with Crippen LogP contribution in [0.25, 0.3) is 0 Å². The molecule has 0 nitrogen and oxygen atoms in total. The molecule has 0 fully saturated rings. The summed E-state index contributed by atoms with van der Waals surface area (Å²) in [5.74, 6) is 0. The quantitative estimate of drug-likeness (QED) is 0.587. The molecule has 0 aliphatic heterocycles. The molecule has 1 aliphatic rings. The second kappa shape index (κ2) is 3.81. The summed E-state index contributed by atoms with van der Waals surface area (Å²) < 4.78 is 36.6. The molecule has 1 rings (SSSR count). The van der Waals surface area contributed by atoms with Crippen LogP contribution in [0.2, 0.25) is 0 Å². The minimum Gasteiger partial charge on any atom is -0.166 e. The van der Waals surface area contributed by atoms with Crippen molar-refractivity contribution >= 4 is 0 Å². The van der Waals surface area contributed by atoms with E-state index in [0.717, 1.165) is 24.1 Å². The van der Waals surface area contributed by atoms with Gasteiger partial charge in [-0.3, -0.25) is 0 Å². The zero-order valence-electron chi connectivity index (χ0n) is 7.36. The molecule has 3 heteroatoms. The Bertz CT molecular complexity index is 266. The zero-order chi connectivity index (χ0) is 9.90. The van der Waals surface area contributed by atoms with Crippen LogP contribution in [0.4, 0.5) is 13.2 Å². The number of alkyl halides is 3. The van der Waals surface area contributed by atoms with Crippen molar-refractivity contribution in [2.45, 2.75) is 25.9 Å². The van der Waals surface area contributed by atoms with Crippen LogP contribution in [0.5, 0.6) is 0 Å². The van der Waals surface area contributed by atoms with Crippen molar-refractivity contribution in [2.75, 3.05) is 0 Å². The molecule has 0 saturated heterocycles. The van der Waals surface area contributed by atoms with Crippen molar-refractivity contribution in [3.8, 4) is 0 Å². The monoisotopic (exact) mass is 188 g/mol. The average molecular weight is 188 g/mol. The second-order valence-corrected chi connectivity index (χ2v) is 2.90. The van der Waals surface area contributed by atoms with Crippen molar-refractivity contribution in [3.63, 3.8) is 0 Å². The van der Waals surface area contributed by atoms with E-state index >= 15 is 0 Å². The van der Waals surface area contributed by atoms with Crippen LogP contribution >= 0.6 is 0 Å². The fourth-order valence-corrected chi connectivity index (χ4v) is 1.12. The largest absolute Gasteiger partial charge is 0.416 e. The molecule has 0 aromatic rings. The highest BCUT2D eigenvalue weighted by atomic mass is 19.4. The summed E-state index contributed by atoms with van der Waals surface area (Å²) in [5.41, 5.74) is 0.450. The Balaban J connectivity index is 2.89. The molecule has 72 valence electrons. The molecule has 0 N–H and O–H groups in total. The average Bonchev–Trinajstić information content (AvgIpc) is 2.26. The number of hydrogen-bond donors (Lipinski definition) is 0. The molecule has 0 bridgehead atoms. The highest BCUT2D eigenvalue weighted by Gasteiger charge is 2.31. The Morgan fingerprint density at radius 2 is 2.00 bits per heavy atom. The van der Waals surface area contributed by atoms with E-state index in [0.29, 0.717) is 6.42 Å². The SMILES string of the molecule is CCC1=CC=C(C(F)(F)F)C=CC1. The summed E-state index contributed by atoms with van der Waals surface area (Å²) in [6.45, 7) is 1.94. The first-order valence-electron chi connectivity index (χ1n) is 4.17. The molecular formula is C10H11F3. The highest BCUT2D eigenvalue weighted by Crippen LogP contribution is 2.28. The van der Waals surface area contributed by atoms with Gasteiger partial charge >= 0.3 is 6.18 Å². The van der Waals surface area contributed by atoms with Gasteiger partial charge in [0.2, 0.25) is 0 Å². The van der Waals surface area contributed by atoms with Crippen LogP contribution < -0.4 is 0 Å². The first-order chi connectivity index (χ1) is 6.04.